The van der Waals surface area contributed by atoms with Gasteiger partial charge in [0.05, 0.1) is 23.0 Å². The highest BCUT2D eigenvalue weighted by Gasteiger charge is 2.56. The van der Waals surface area contributed by atoms with Gasteiger partial charge in [0.25, 0.3) is 0 Å². The van der Waals surface area contributed by atoms with Crippen LogP contribution in [-0.4, -0.2) is 46.9 Å². The molecule has 111 heavy (non-hydrogen) atoms. The molecule has 10 nitrogen and oxygen atoms in total. The number of phenols is 2. The maximum absolute atomic E-state index is 12.4. The molecule has 0 aliphatic heterocycles. The van der Waals surface area contributed by atoms with Crippen LogP contribution >= 0.6 is 0 Å². The molecule has 0 radical (unpaired) electrons. The van der Waals surface area contributed by atoms with Crippen molar-refractivity contribution < 1.29 is 48.2 Å². The van der Waals surface area contributed by atoms with Crippen LogP contribution in [0.25, 0.3) is 0 Å². The van der Waals surface area contributed by atoms with Crippen molar-refractivity contribution >= 4 is 11.9 Å². The van der Waals surface area contributed by atoms with Gasteiger partial charge in [-0.05, 0) is 310 Å². The summed E-state index contributed by atoms with van der Waals surface area (Å²) in [5.41, 5.74) is 5.83. The van der Waals surface area contributed by atoms with E-state index in [2.05, 4.69) is 144 Å². The molecule has 0 amide bonds. The van der Waals surface area contributed by atoms with Crippen molar-refractivity contribution in [3.05, 3.63) is 191 Å². The topological polar surface area (TPSA) is 130 Å². The molecule has 13 rings (SSSR count). The average Bonchev–Trinajstić information content (AvgIpc) is 1.60. The summed E-state index contributed by atoms with van der Waals surface area (Å²) in [6, 6.07) is 52.3. The Morgan fingerprint density at radius 2 is 0.748 bits per heavy atom. The first-order valence-corrected chi connectivity index (χ1v) is 44.0. The summed E-state index contributed by atoms with van der Waals surface area (Å²) in [6.45, 7) is 42.4. The van der Waals surface area contributed by atoms with Crippen LogP contribution < -0.4 is 9.47 Å². The molecule has 10 heteroatoms. The molecule has 0 aromatic heterocycles. The first-order chi connectivity index (χ1) is 53.0. The van der Waals surface area contributed by atoms with E-state index in [0.717, 1.165) is 128 Å². The van der Waals surface area contributed by atoms with Gasteiger partial charge in [-0.15, -0.1) is 0 Å². The Morgan fingerprint density at radius 1 is 0.405 bits per heavy atom. The summed E-state index contributed by atoms with van der Waals surface area (Å²) in [5.74, 6) is 12.9. The van der Waals surface area contributed by atoms with Crippen molar-refractivity contribution in [3.8, 4) is 23.0 Å². The lowest BCUT2D eigenvalue weighted by molar-refractivity contribution is -0.172. The molecule has 0 heterocycles. The number of benzene rings is 6. The number of phenolic OH excluding ortho intramolecular Hbond substituents is 2. The highest BCUT2D eigenvalue weighted by atomic mass is 16.7. The van der Waals surface area contributed by atoms with Gasteiger partial charge in [-0.2, -0.15) is 0 Å². The highest BCUT2D eigenvalue weighted by Crippen LogP contribution is 2.61. The Kier molecular flexibility index (Phi) is 34.1. The second-order valence-electron chi connectivity index (χ2n) is 36.4. The van der Waals surface area contributed by atoms with Crippen LogP contribution in [-0.2, 0) is 39.7 Å². The van der Waals surface area contributed by atoms with Gasteiger partial charge in [-0.3, -0.25) is 9.59 Å². The molecule has 2 N–H and O–H groups in total. The summed E-state index contributed by atoms with van der Waals surface area (Å²) >= 11 is 0. The number of ether oxygens (including phenoxy) is 6. The molecule has 0 saturated heterocycles. The first kappa shape index (κ1) is 89.9. The summed E-state index contributed by atoms with van der Waals surface area (Å²) in [4.78, 5) is 24.6. The molecular formula is C101H148O10. The fourth-order valence-corrected chi connectivity index (χ4v) is 18.1. The van der Waals surface area contributed by atoms with Gasteiger partial charge in [0.2, 0.25) is 12.6 Å². The summed E-state index contributed by atoms with van der Waals surface area (Å²) in [5, 5.41) is 18.0. The van der Waals surface area contributed by atoms with Crippen LogP contribution in [0.4, 0.5) is 0 Å². The standard InChI is InChI=1S/2C24H36O2.C17H24O2.C16H24O2.2C10H14O/c2*1-5-16(4)17-9-11-19(12-10-17)25-24(15(2)3)26-23-14-18-13-22(23)21-8-6-7-20(18)21;1-4-16(2,3)15(18)19-17(12-8-9-13-17)14-10-6-5-7-11-14;1-6-15(3,4)14(17)18-16(5,7-2)13-11-9-8-10-12-13;2*1-3-8(2)9-4-6-10(11)7-5-9/h2*9-12,15-16,18,20-24H,5-8,13-14H2,1-4H3;5-7,10-11H,4,8-9,12-13H2,1-3H3;8-12H,6-7H2,1-5H3;2*4-8,11H,3H2,1-2H3. The number of hydrogen-bond acceptors (Lipinski definition) is 10. The number of hydrogen-bond donors (Lipinski definition) is 2. The van der Waals surface area contributed by atoms with E-state index < -0.39 is 16.4 Å². The monoisotopic (exact) mass is 1520 g/mol. The highest BCUT2D eigenvalue weighted by molar-refractivity contribution is 5.77. The van der Waals surface area contributed by atoms with Crippen LogP contribution in [0.15, 0.2) is 158 Å². The number of carbonyl (C=O) groups is 2. The second kappa shape index (κ2) is 42.1. The molecule has 0 spiro atoms. The van der Waals surface area contributed by atoms with Gasteiger partial charge in [0, 0.05) is 11.8 Å². The average molecular weight is 1520 g/mol. The minimum Gasteiger partial charge on any atom is -0.508 e. The third kappa shape index (κ3) is 24.2. The van der Waals surface area contributed by atoms with E-state index in [1.54, 1.807) is 24.3 Å². The van der Waals surface area contributed by atoms with Crippen LogP contribution in [0.2, 0.25) is 0 Å². The minimum absolute atomic E-state index is 0.0687. The minimum atomic E-state index is -0.537. The lowest BCUT2D eigenvalue weighted by atomic mass is 9.80. The van der Waals surface area contributed by atoms with Crippen LogP contribution in [0, 0.1) is 70.0 Å². The molecule has 17 unspecified atom stereocenters. The lowest BCUT2D eigenvalue weighted by Gasteiger charge is -2.35. The van der Waals surface area contributed by atoms with E-state index in [1.165, 1.54) is 99.3 Å². The SMILES string of the molecule is CCC(C)(C)C(=O)OC(C)(CC)c1ccccc1.CCC(C)(C)C(=O)OC1(c2ccccc2)CCCC1.CCC(C)c1ccc(O)cc1.CCC(C)c1ccc(O)cc1.CCC(C)c1ccc(OC(OC2CC3CC2C2CCCC32)C(C)C)cc1.CCC(C)c1ccc(OC(OC2CC3CC2C2CCCC32)C(C)C)cc1. The van der Waals surface area contributed by atoms with Gasteiger partial charge >= 0.3 is 11.9 Å². The smallest absolute Gasteiger partial charge is 0.312 e. The molecule has 7 aliphatic rings. The Morgan fingerprint density at radius 3 is 1.09 bits per heavy atom. The fraction of sp³-hybridized carbons (Fsp3) is 0.624. The van der Waals surface area contributed by atoms with E-state index in [-0.39, 0.29) is 30.1 Å². The normalized spacial score (nSPS) is 24.5. The molecule has 6 aromatic rings. The zero-order valence-electron chi connectivity index (χ0n) is 72.4. The summed E-state index contributed by atoms with van der Waals surface area (Å²) < 4.78 is 37.6. The number of rotatable bonds is 27. The number of fused-ring (bicyclic) bond motifs is 10. The molecule has 4 bridgehead atoms. The number of aromatic hydroxyl groups is 2. The predicted octanol–water partition coefficient (Wildman–Crippen LogP) is 27.3. The van der Waals surface area contributed by atoms with E-state index in [4.69, 9.17) is 38.6 Å². The van der Waals surface area contributed by atoms with Gasteiger partial charge in [0.1, 0.15) is 34.2 Å². The largest absolute Gasteiger partial charge is 0.508 e. The van der Waals surface area contributed by atoms with Crippen molar-refractivity contribution in [2.75, 3.05) is 0 Å². The van der Waals surface area contributed by atoms with Gasteiger partial charge in [-0.1, -0.05) is 226 Å². The Hall–Kier alpha value is -6.62. The Labute approximate surface area is 673 Å². The fourth-order valence-electron chi connectivity index (χ4n) is 18.1. The quantitative estimate of drug-likeness (QED) is 0.0380. The van der Waals surface area contributed by atoms with Gasteiger partial charge in [-0.25, -0.2) is 0 Å². The molecule has 612 valence electrons. The number of carbonyl (C=O) groups excluding carboxylic acids is 2. The van der Waals surface area contributed by atoms with Crippen molar-refractivity contribution in [1.29, 1.82) is 0 Å². The van der Waals surface area contributed by atoms with Crippen molar-refractivity contribution in [3.63, 3.8) is 0 Å². The van der Waals surface area contributed by atoms with E-state index in [0.29, 0.717) is 59.2 Å². The zero-order chi connectivity index (χ0) is 80.8. The maximum atomic E-state index is 12.4. The van der Waals surface area contributed by atoms with Crippen LogP contribution in [0.5, 0.6) is 23.0 Å². The molecular weight excluding hydrogens is 1370 g/mol. The van der Waals surface area contributed by atoms with Crippen molar-refractivity contribution in [1.82, 2.24) is 0 Å². The predicted molar refractivity (Wildman–Crippen MR) is 457 cm³/mol. The second-order valence-corrected chi connectivity index (χ2v) is 36.4. The molecule has 7 saturated carbocycles. The van der Waals surface area contributed by atoms with Gasteiger partial charge < -0.3 is 38.6 Å². The summed E-state index contributed by atoms with van der Waals surface area (Å²) in [6.07, 6.45) is 25.8. The third-order valence-corrected chi connectivity index (χ3v) is 27.5. The summed E-state index contributed by atoms with van der Waals surface area (Å²) in [7, 11) is 0. The van der Waals surface area contributed by atoms with Crippen LogP contribution in [0.1, 0.15) is 330 Å². The Bertz CT molecular complexity index is 3490. The molecule has 7 fully saturated rings. The number of esters is 2. The lowest BCUT2D eigenvalue weighted by Crippen LogP contribution is -2.37. The van der Waals surface area contributed by atoms with E-state index in [9.17, 15) is 9.59 Å². The Balaban J connectivity index is 0.000000172. The van der Waals surface area contributed by atoms with Crippen LogP contribution in [0.3, 0.4) is 0 Å². The third-order valence-electron chi connectivity index (χ3n) is 27.5. The molecule has 7 aliphatic carbocycles. The first-order valence-electron chi connectivity index (χ1n) is 44.0. The maximum Gasteiger partial charge on any atom is 0.312 e. The van der Waals surface area contributed by atoms with E-state index in [1.807, 2.05) is 128 Å². The van der Waals surface area contributed by atoms with Crippen molar-refractivity contribution in [2.24, 2.45) is 70.0 Å². The van der Waals surface area contributed by atoms with Crippen molar-refractivity contribution in [2.45, 2.75) is 333 Å². The zero-order valence-corrected chi connectivity index (χ0v) is 72.4. The molecule has 17 atom stereocenters. The molecule has 6 aromatic carbocycles. The van der Waals surface area contributed by atoms with E-state index >= 15 is 0 Å². The van der Waals surface area contributed by atoms with Gasteiger partial charge in [0.15, 0.2) is 0 Å².